The molecule has 0 aliphatic carbocycles. The molecule has 33 heavy (non-hydrogen) atoms. The topological polar surface area (TPSA) is 80.3 Å². The van der Waals surface area contributed by atoms with E-state index in [1.807, 2.05) is 32.2 Å². The average Bonchev–Trinajstić information content (AvgIpc) is 3.41. The predicted octanol–water partition coefficient (Wildman–Crippen LogP) is 3.94. The van der Waals surface area contributed by atoms with Crippen LogP contribution in [0.3, 0.4) is 0 Å². The van der Waals surface area contributed by atoms with Crippen LogP contribution in [0.1, 0.15) is 30.8 Å². The van der Waals surface area contributed by atoms with Crippen molar-refractivity contribution in [2.45, 2.75) is 45.8 Å². The molecule has 4 rings (SSSR count). The molecule has 9 heteroatoms. The minimum Gasteiger partial charge on any atom is -0.346 e. The number of hydrogen-bond acceptors (Lipinski definition) is 6. The molecule has 3 heterocycles. The van der Waals surface area contributed by atoms with Gasteiger partial charge in [0, 0.05) is 52.8 Å². The fraction of sp³-hybridized carbons (Fsp3) is 0.417. The molecule has 1 N–H and O–H groups in total. The second kappa shape index (κ2) is 9.93. The lowest BCUT2D eigenvalue weighted by molar-refractivity contribution is -0.115. The van der Waals surface area contributed by atoms with E-state index in [-0.39, 0.29) is 12.3 Å². The average molecular weight is 466 g/mol. The minimum absolute atomic E-state index is 0.0760. The highest BCUT2D eigenvalue weighted by Crippen LogP contribution is 2.22. The Morgan fingerprint density at radius 2 is 1.94 bits per heavy atom. The lowest BCUT2D eigenvalue weighted by Crippen LogP contribution is -2.26. The van der Waals surface area contributed by atoms with E-state index in [9.17, 15) is 4.79 Å². The molecule has 8 nitrogen and oxygen atoms in total. The lowest BCUT2D eigenvalue weighted by atomic mass is 10.1. The monoisotopic (exact) mass is 465 g/mol. The standard InChI is InChI=1S/C24H31N7OS/c1-6-29(7-2)12-13-30-11-10-18-14-19(8-9-21(18)30)26-22(32)15-20-16(3)25-23-27-24(33-5)28-31(23)17(20)4/h8-11,14H,6-7,12-13,15H2,1-5H3,(H,26,32). The Hall–Kier alpha value is -2.91. The maximum atomic E-state index is 12.9. The van der Waals surface area contributed by atoms with Gasteiger partial charge < -0.3 is 14.8 Å². The molecule has 3 aromatic heterocycles. The van der Waals surface area contributed by atoms with E-state index in [0.29, 0.717) is 10.9 Å². The molecular formula is C24H31N7OS. The van der Waals surface area contributed by atoms with Gasteiger partial charge in [0.2, 0.25) is 11.1 Å². The molecule has 4 aromatic rings. The number of anilines is 1. The summed E-state index contributed by atoms with van der Waals surface area (Å²) in [4.78, 5) is 24.2. The smallest absolute Gasteiger partial charge is 0.253 e. The van der Waals surface area contributed by atoms with Crippen molar-refractivity contribution in [1.29, 1.82) is 0 Å². The van der Waals surface area contributed by atoms with Crippen molar-refractivity contribution in [2.75, 3.05) is 31.2 Å². The van der Waals surface area contributed by atoms with Crippen molar-refractivity contribution >= 4 is 40.0 Å². The van der Waals surface area contributed by atoms with Crippen molar-refractivity contribution in [3.05, 3.63) is 47.4 Å². The number of amides is 1. The van der Waals surface area contributed by atoms with Crippen LogP contribution in [0.5, 0.6) is 0 Å². The Morgan fingerprint density at radius 1 is 1.15 bits per heavy atom. The van der Waals surface area contributed by atoms with Crippen molar-refractivity contribution in [2.24, 2.45) is 0 Å². The van der Waals surface area contributed by atoms with Gasteiger partial charge in [-0.1, -0.05) is 25.6 Å². The van der Waals surface area contributed by atoms with Crippen LogP contribution >= 0.6 is 11.8 Å². The van der Waals surface area contributed by atoms with Crippen molar-refractivity contribution in [1.82, 2.24) is 29.0 Å². The van der Waals surface area contributed by atoms with Crippen LogP contribution in [0.15, 0.2) is 35.6 Å². The highest BCUT2D eigenvalue weighted by atomic mass is 32.2. The zero-order chi connectivity index (χ0) is 23.5. The molecule has 174 valence electrons. The molecule has 0 radical (unpaired) electrons. The largest absolute Gasteiger partial charge is 0.346 e. The molecule has 1 aromatic carbocycles. The molecule has 0 atom stereocenters. The second-order valence-corrected chi connectivity index (χ2v) is 8.88. The Bertz CT molecular complexity index is 1290. The van der Waals surface area contributed by atoms with E-state index in [0.717, 1.165) is 54.2 Å². The molecular weight excluding hydrogens is 434 g/mol. The number of carbonyl (C=O) groups is 1. The summed E-state index contributed by atoms with van der Waals surface area (Å²) in [6, 6.07) is 8.19. The molecule has 0 fully saturated rings. The number of aryl methyl sites for hydroxylation is 2. The second-order valence-electron chi connectivity index (χ2n) is 8.11. The van der Waals surface area contributed by atoms with Crippen LogP contribution in [-0.2, 0) is 17.8 Å². The number of likely N-dealkylation sites (N-methyl/N-ethyl adjacent to an activating group) is 1. The number of nitrogens with one attached hydrogen (secondary N) is 1. The van der Waals surface area contributed by atoms with Crippen LogP contribution in [0.4, 0.5) is 5.69 Å². The SMILES string of the molecule is CCN(CC)CCn1ccc2cc(NC(=O)Cc3c(C)nc4nc(SC)nn4c3C)ccc21. The van der Waals surface area contributed by atoms with E-state index in [1.165, 1.54) is 17.3 Å². The summed E-state index contributed by atoms with van der Waals surface area (Å²) in [5.74, 6) is 0.488. The first-order valence-electron chi connectivity index (χ1n) is 11.3. The first kappa shape index (κ1) is 23.3. The van der Waals surface area contributed by atoms with Crippen molar-refractivity contribution in [3.63, 3.8) is 0 Å². The van der Waals surface area contributed by atoms with E-state index in [2.05, 4.69) is 62.0 Å². The molecule has 0 saturated heterocycles. The first-order chi connectivity index (χ1) is 15.9. The summed E-state index contributed by atoms with van der Waals surface area (Å²) in [6.07, 6.45) is 4.29. The number of hydrogen-bond donors (Lipinski definition) is 1. The molecule has 0 spiro atoms. The summed E-state index contributed by atoms with van der Waals surface area (Å²) in [5.41, 5.74) is 4.54. The van der Waals surface area contributed by atoms with E-state index < -0.39 is 0 Å². The molecule has 1 amide bonds. The van der Waals surface area contributed by atoms with Crippen molar-refractivity contribution < 1.29 is 4.79 Å². The number of benzene rings is 1. The normalized spacial score (nSPS) is 11.7. The van der Waals surface area contributed by atoms with Gasteiger partial charge in [-0.15, -0.1) is 5.10 Å². The highest BCUT2D eigenvalue weighted by molar-refractivity contribution is 7.98. The lowest BCUT2D eigenvalue weighted by Gasteiger charge is -2.18. The third-order valence-corrected chi connectivity index (χ3v) is 6.69. The number of rotatable bonds is 9. The van der Waals surface area contributed by atoms with Crippen LogP contribution in [0.25, 0.3) is 16.7 Å². The van der Waals surface area contributed by atoms with Crippen LogP contribution in [-0.4, -0.2) is 60.8 Å². The number of nitrogens with zero attached hydrogens (tertiary/aromatic N) is 6. The van der Waals surface area contributed by atoms with Gasteiger partial charge in [0.1, 0.15) is 0 Å². The summed E-state index contributed by atoms with van der Waals surface area (Å²) in [7, 11) is 0. The third kappa shape index (κ3) is 4.89. The van der Waals surface area contributed by atoms with Crippen LogP contribution in [0, 0.1) is 13.8 Å². The predicted molar refractivity (Wildman–Crippen MR) is 134 cm³/mol. The fourth-order valence-electron chi connectivity index (χ4n) is 4.16. The maximum Gasteiger partial charge on any atom is 0.253 e. The van der Waals surface area contributed by atoms with Crippen LogP contribution < -0.4 is 5.32 Å². The number of thioether (sulfide) groups is 1. The van der Waals surface area contributed by atoms with E-state index in [1.54, 1.807) is 4.52 Å². The maximum absolute atomic E-state index is 12.9. The van der Waals surface area contributed by atoms with Gasteiger partial charge in [-0.3, -0.25) is 4.79 Å². The van der Waals surface area contributed by atoms with Gasteiger partial charge in [-0.25, -0.2) is 9.50 Å². The van der Waals surface area contributed by atoms with Gasteiger partial charge in [-0.05, 0) is 57.5 Å². The molecule has 0 aliphatic rings. The van der Waals surface area contributed by atoms with Crippen LogP contribution in [0.2, 0.25) is 0 Å². The van der Waals surface area contributed by atoms with E-state index >= 15 is 0 Å². The van der Waals surface area contributed by atoms with Gasteiger partial charge in [-0.2, -0.15) is 4.98 Å². The Balaban J connectivity index is 1.48. The fourth-order valence-corrected chi connectivity index (χ4v) is 4.50. The third-order valence-electron chi connectivity index (χ3n) is 6.16. The number of fused-ring (bicyclic) bond motifs is 2. The Labute approximate surface area is 198 Å². The summed E-state index contributed by atoms with van der Waals surface area (Å²) < 4.78 is 3.99. The zero-order valence-electron chi connectivity index (χ0n) is 19.9. The van der Waals surface area contributed by atoms with Gasteiger partial charge in [0.25, 0.3) is 5.78 Å². The molecule has 0 bridgehead atoms. The summed E-state index contributed by atoms with van der Waals surface area (Å²) >= 11 is 1.47. The van der Waals surface area contributed by atoms with Gasteiger partial charge >= 0.3 is 0 Å². The minimum atomic E-state index is -0.0760. The Morgan fingerprint density at radius 3 is 2.67 bits per heavy atom. The molecule has 0 saturated carbocycles. The van der Waals surface area contributed by atoms with Crippen molar-refractivity contribution in [3.8, 4) is 0 Å². The highest BCUT2D eigenvalue weighted by Gasteiger charge is 2.16. The summed E-state index contributed by atoms with van der Waals surface area (Å²) in [5, 5.41) is 9.30. The Kier molecular flexibility index (Phi) is 6.99. The summed E-state index contributed by atoms with van der Waals surface area (Å²) in [6.45, 7) is 12.3. The first-order valence-corrected chi connectivity index (χ1v) is 12.5. The molecule has 0 aliphatic heterocycles. The number of aromatic nitrogens is 5. The number of carbonyl (C=O) groups excluding carboxylic acids is 1. The van der Waals surface area contributed by atoms with Gasteiger partial charge in [0.15, 0.2) is 0 Å². The van der Waals surface area contributed by atoms with E-state index in [4.69, 9.17) is 0 Å². The quantitative estimate of drug-likeness (QED) is 0.377. The van der Waals surface area contributed by atoms with Gasteiger partial charge in [0.05, 0.1) is 6.42 Å². The molecule has 0 unspecified atom stereocenters. The zero-order valence-corrected chi connectivity index (χ0v) is 20.7.